The third-order valence-electron chi connectivity index (χ3n) is 3.82. The Hall–Kier alpha value is -0.870. The van der Waals surface area contributed by atoms with Crippen molar-refractivity contribution >= 4 is 5.97 Å². The van der Waals surface area contributed by atoms with Crippen LogP contribution in [0, 0.1) is 0 Å². The average Bonchev–Trinajstić information content (AvgIpc) is 2.53. The lowest BCUT2D eigenvalue weighted by Gasteiger charge is -2.07. The molecule has 0 aliphatic heterocycles. The van der Waals surface area contributed by atoms with Crippen molar-refractivity contribution in [2.24, 2.45) is 0 Å². The van der Waals surface area contributed by atoms with Gasteiger partial charge < -0.3 is 9.99 Å². The molecule has 4 nitrogen and oxygen atoms in total. The van der Waals surface area contributed by atoms with Crippen LogP contribution in [0.4, 0.5) is 0 Å². The molecular weight excluding hydrogens is 280 g/mol. The molecule has 0 saturated heterocycles. The molecule has 0 rings (SSSR count). The number of hydrogen-bond acceptors (Lipinski definition) is 4. The van der Waals surface area contributed by atoms with Crippen LogP contribution in [0.3, 0.4) is 0 Å². The van der Waals surface area contributed by atoms with Gasteiger partial charge in [0.05, 0.1) is 6.10 Å². The van der Waals surface area contributed by atoms with Crippen LogP contribution in [-0.4, -0.2) is 22.4 Å². The molecule has 0 spiro atoms. The largest absolute Gasteiger partial charge is 0.393 e. The van der Waals surface area contributed by atoms with Gasteiger partial charge in [0.2, 0.25) is 0 Å². The van der Waals surface area contributed by atoms with Gasteiger partial charge in [-0.3, -0.25) is 0 Å². The summed E-state index contributed by atoms with van der Waals surface area (Å²) >= 11 is 0. The number of hydrogen-bond donors (Lipinski definition) is 2. The maximum Gasteiger partial charge on any atom is 0.342 e. The first kappa shape index (κ1) is 21.1. The van der Waals surface area contributed by atoms with Crippen LogP contribution in [0.25, 0.3) is 0 Å². The Kier molecular flexibility index (Phi) is 15.8. The first-order valence-electron chi connectivity index (χ1n) is 8.88. The quantitative estimate of drug-likeness (QED) is 0.193. The van der Waals surface area contributed by atoms with Crippen molar-refractivity contribution in [1.29, 1.82) is 0 Å². The Balaban J connectivity index is 3.28. The zero-order valence-corrected chi connectivity index (χ0v) is 14.1. The lowest BCUT2D eigenvalue weighted by molar-refractivity contribution is -0.234. The number of carbonyl (C=O) groups excluding carboxylic acids is 1. The smallest absolute Gasteiger partial charge is 0.342 e. The average molecular weight is 314 g/mol. The predicted molar refractivity (Wildman–Crippen MR) is 89.6 cm³/mol. The second-order valence-electron chi connectivity index (χ2n) is 5.98. The van der Waals surface area contributed by atoms with E-state index in [2.05, 4.69) is 24.0 Å². The SMILES string of the molecule is CCCCCC[C@@H](O)C/C=C\CCCCCCCC(=O)OO. The molecule has 0 unspecified atom stereocenters. The highest BCUT2D eigenvalue weighted by Gasteiger charge is 2.01. The van der Waals surface area contributed by atoms with E-state index < -0.39 is 5.97 Å². The molecule has 0 aromatic rings. The minimum absolute atomic E-state index is 0.181. The monoisotopic (exact) mass is 314 g/mol. The summed E-state index contributed by atoms with van der Waals surface area (Å²) in [6.45, 7) is 2.20. The van der Waals surface area contributed by atoms with E-state index in [1.165, 1.54) is 19.3 Å². The Morgan fingerprint density at radius 3 is 2.41 bits per heavy atom. The number of carbonyl (C=O) groups is 1. The highest BCUT2D eigenvalue weighted by molar-refractivity contribution is 5.68. The van der Waals surface area contributed by atoms with Gasteiger partial charge in [-0.15, -0.1) is 0 Å². The van der Waals surface area contributed by atoms with E-state index in [0.29, 0.717) is 6.42 Å². The van der Waals surface area contributed by atoms with E-state index in [9.17, 15) is 9.90 Å². The lowest BCUT2D eigenvalue weighted by atomic mass is 10.1. The second-order valence-corrected chi connectivity index (χ2v) is 5.98. The van der Waals surface area contributed by atoms with Crippen LogP contribution < -0.4 is 0 Å². The van der Waals surface area contributed by atoms with Crippen molar-refractivity contribution < 1.29 is 20.0 Å². The summed E-state index contributed by atoms with van der Waals surface area (Å²) < 4.78 is 0. The summed E-state index contributed by atoms with van der Waals surface area (Å²) in [4.78, 5) is 14.3. The highest BCUT2D eigenvalue weighted by Crippen LogP contribution is 2.10. The Labute approximate surface area is 135 Å². The maximum absolute atomic E-state index is 10.7. The van der Waals surface area contributed by atoms with Gasteiger partial charge in [-0.05, 0) is 32.1 Å². The summed E-state index contributed by atoms with van der Waals surface area (Å²) in [6, 6.07) is 0. The van der Waals surface area contributed by atoms with Crippen LogP contribution in [0.2, 0.25) is 0 Å². The number of unbranched alkanes of at least 4 members (excludes halogenated alkanes) is 8. The number of aliphatic hydroxyl groups is 1. The van der Waals surface area contributed by atoms with Crippen molar-refractivity contribution in [2.75, 3.05) is 0 Å². The van der Waals surface area contributed by atoms with Gasteiger partial charge >= 0.3 is 5.97 Å². The molecule has 0 saturated carbocycles. The zero-order chi connectivity index (χ0) is 16.5. The third kappa shape index (κ3) is 15.5. The molecule has 2 N–H and O–H groups in total. The number of allylic oxidation sites excluding steroid dienone is 1. The summed E-state index contributed by atoms with van der Waals surface area (Å²) in [5.74, 6) is -0.545. The minimum Gasteiger partial charge on any atom is -0.393 e. The maximum atomic E-state index is 10.7. The van der Waals surface area contributed by atoms with E-state index in [1.54, 1.807) is 0 Å². The van der Waals surface area contributed by atoms with Gasteiger partial charge in [0.1, 0.15) is 0 Å². The van der Waals surface area contributed by atoms with E-state index >= 15 is 0 Å². The van der Waals surface area contributed by atoms with Crippen LogP contribution in [-0.2, 0) is 9.68 Å². The fraction of sp³-hybridized carbons (Fsp3) is 0.833. The van der Waals surface area contributed by atoms with Crippen LogP contribution >= 0.6 is 0 Å². The van der Waals surface area contributed by atoms with E-state index in [4.69, 9.17) is 5.26 Å². The Bertz CT molecular complexity index is 276. The molecule has 0 bridgehead atoms. The fourth-order valence-corrected chi connectivity index (χ4v) is 2.40. The van der Waals surface area contributed by atoms with Crippen molar-refractivity contribution in [3.63, 3.8) is 0 Å². The standard InChI is InChI=1S/C18H34O4/c1-2-3-4-11-14-17(19)15-12-9-7-5-6-8-10-13-16-18(20)22-21/h9,12,17,19,21H,2-8,10-11,13-16H2,1H3/b12-9-/t17-/m1/s1. The molecule has 0 heterocycles. The third-order valence-corrected chi connectivity index (χ3v) is 3.82. The van der Waals surface area contributed by atoms with E-state index in [1.807, 2.05) is 0 Å². The molecule has 0 radical (unpaired) electrons. The topological polar surface area (TPSA) is 66.8 Å². The molecule has 0 aliphatic rings. The van der Waals surface area contributed by atoms with Crippen molar-refractivity contribution in [3.8, 4) is 0 Å². The first-order valence-corrected chi connectivity index (χ1v) is 8.88. The van der Waals surface area contributed by atoms with Gasteiger partial charge in [-0.2, -0.15) is 5.26 Å². The second kappa shape index (κ2) is 16.5. The van der Waals surface area contributed by atoms with Gasteiger partial charge in [0, 0.05) is 6.42 Å². The van der Waals surface area contributed by atoms with Crippen molar-refractivity contribution in [3.05, 3.63) is 12.2 Å². The molecule has 0 aliphatic carbocycles. The van der Waals surface area contributed by atoms with Crippen LogP contribution in [0.1, 0.15) is 90.4 Å². The van der Waals surface area contributed by atoms with E-state index in [0.717, 1.165) is 57.8 Å². The van der Waals surface area contributed by atoms with Crippen LogP contribution in [0.15, 0.2) is 12.2 Å². The van der Waals surface area contributed by atoms with Crippen molar-refractivity contribution in [2.45, 2.75) is 96.5 Å². The first-order chi connectivity index (χ1) is 10.7. The minimum atomic E-state index is -0.545. The van der Waals surface area contributed by atoms with Gasteiger partial charge in [0.25, 0.3) is 0 Å². The normalized spacial score (nSPS) is 12.7. The highest BCUT2D eigenvalue weighted by atomic mass is 17.1. The summed E-state index contributed by atoms with van der Waals surface area (Å²) in [5, 5.41) is 17.9. The van der Waals surface area contributed by atoms with Crippen molar-refractivity contribution in [1.82, 2.24) is 0 Å². The fourth-order valence-electron chi connectivity index (χ4n) is 2.40. The Morgan fingerprint density at radius 2 is 1.68 bits per heavy atom. The van der Waals surface area contributed by atoms with E-state index in [-0.39, 0.29) is 6.10 Å². The van der Waals surface area contributed by atoms with Gasteiger partial charge in [-0.1, -0.05) is 64.0 Å². The summed E-state index contributed by atoms with van der Waals surface area (Å²) in [5.41, 5.74) is 0. The molecule has 0 aromatic heterocycles. The number of aliphatic hydroxyl groups excluding tert-OH is 1. The molecule has 0 aromatic carbocycles. The molecule has 0 amide bonds. The Morgan fingerprint density at radius 1 is 1.00 bits per heavy atom. The molecule has 4 heteroatoms. The summed E-state index contributed by atoms with van der Waals surface area (Å²) in [7, 11) is 0. The molecule has 22 heavy (non-hydrogen) atoms. The number of rotatable bonds is 15. The summed E-state index contributed by atoms with van der Waals surface area (Å²) in [6.07, 6.45) is 17.2. The molecule has 1 atom stereocenters. The lowest BCUT2D eigenvalue weighted by Crippen LogP contribution is -2.04. The molecule has 130 valence electrons. The predicted octanol–water partition coefficient (Wildman–Crippen LogP) is 5.01. The van der Waals surface area contributed by atoms with Gasteiger partial charge in [0.15, 0.2) is 0 Å². The molecule has 0 fully saturated rings. The van der Waals surface area contributed by atoms with Crippen LogP contribution in [0.5, 0.6) is 0 Å². The molecular formula is C18H34O4. The zero-order valence-electron chi connectivity index (χ0n) is 14.1. The van der Waals surface area contributed by atoms with Gasteiger partial charge in [-0.25, -0.2) is 4.79 Å².